The van der Waals surface area contributed by atoms with Crippen molar-refractivity contribution in [1.82, 2.24) is 30.6 Å². The van der Waals surface area contributed by atoms with Crippen molar-refractivity contribution < 1.29 is 4.79 Å². The van der Waals surface area contributed by atoms with Gasteiger partial charge in [0.1, 0.15) is 11.8 Å². The molecule has 2 heterocycles. The minimum atomic E-state index is -0.0172. The third kappa shape index (κ3) is 4.88. The molecule has 1 saturated carbocycles. The van der Waals surface area contributed by atoms with Gasteiger partial charge in [-0.05, 0) is 12.8 Å². The fraction of sp³-hybridized carbons (Fsp3) is 0.647. The lowest BCUT2D eigenvalue weighted by Gasteiger charge is -2.19. The van der Waals surface area contributed by atoms with Gasteiger partial charge in [-0.25, -0.2) is 15.0 Å². The number of H-pyrrole nitrogens is 1. The van der Waals surface area contributed by atoms with Crippen molar-refractivity contribution in [2.45, 2.75) is 44.6 Å². The summed E-state index contributed by atoms with van der Waals surface area (Å²) < 4.78 is 0. The summed E-state index contributed by atoms with van der Waals surface area (Å²) in [6, 6.07) is 0.608. The summed E-state index contributed by atoms with van der Waals surface area (Å²) in [5.41, 5.74) is 1.35. The van der Waals surface area contributed by atoms with Crippen LogP contribution >= 0.6 is 0 Å². The van der Waals surface area contributed by atoms with Crippen LogP contribution in [0.4, 0.5) is 5.82 Å². The molecule has 1 amide bonds. The van der Waals surface area contributed by atoms with Crippen LogP contribution in [0.25, 0.3) is 11.2 Å². The maximum Gasteiger partial charge on any atom is 0.239 e. The van der Waals surface area contributed by atoms with E-state index in [0.29, 0.717) is 24.1 Å². The number of anilines is 1. The number of nitrogens with zero attached hydrogens (tertiary/aromatic N) is 4. The lowest BCUT2D eigenvalue weighted by molar-refractivity contribution is -0.119. The second-order valence-electron chi connectivity index (χ2n) is 6.65. The maximum absolute atomic E-state index is 12.2. The molecule has 8 nitrogen and oxygen atoms in total. The third-order valence-electron chi connectivity index (χ3n) is 4.68. The highest BCUT2D eigenvalue weighted by molar-refractivity contribution is 5.86. The molecule has 1 aliphatic rings. The van der Waals surface area contributed by atoms with Gasteiger partial charge in [0, 0.05) is 26.2 Å². The lowest BCUT2D eigenvalue weighted by Crippen LogP contribution is -2.40. The number of aromatic nitrogens is 4. The first-order chi connectivity index (χ1) is 12.2. The Kier molecular flexibility index (Phi) is 6.16. The van der Waals surface area contributed by atoms with Gasteiger partial charge in [0.05, 0.1) is 12.9 Å². The molecule has 1 aliphatic carbocycles. The van der Waals surface area contributed by atoms with Crippen molar-refractivity contribution in [3.8, 4) is 0 Å². The molecule has 25 heavy (non-hydrogen) atoms. The van der Waals surface area contributed by atoms with Crippen molar-refractivity contribution >= 4 is 22.9 Å². The molecule has 3 rings (SSSR count). The zero-order chi connectivity index (χ0) is 17.5. The van der Waals surface area contributed by atoms with Crippen LogP contribution in [0.5, 0.6) is 0 Å². The van der Waals surface area contributed by atoms with E-state index in [1.807, 2.05) is 7.05 Å². The Hall–Kier alpha value is -2.22. The minimum absolute atomic E-state index is 0.0172. The first-order valence-corrected chi connectivity index (χ1v) is 9.09. The fourth-order valence-electron chi connectivity index (χ4n) is 3.35. The van der Waals surface area contributed by atoms with Crippen LogP contribution in [0.15, 0.2) is 12.7 Å². The van der Waals surface area contributed by atoms with Gasteiger partial charge in [-0.1, -0.05) is 25.7 Å². The van der Waals surface area contributed by atoms with E-state index in [-0.39, 0.29) is 12.5 Å². The standard InChI is InChI=1S/C17H27N7O/c1-24(17-15-16(21-11-20-15)22-12-23-17)10-14(25)19-9-8-18-13-6-4-2-3-5-7-13/h11-13,18H,2-10H2,1H3,(H,19,25)(H,20,21,22,23). The van der Waals surface area contributed by atoms with Gasteiger partial charge >= 0.3 is 0 Å². The molecule has 0 saturated heterocycles. The molecule has 136 valence electrons. The highest BCUT2D eigenvalue weighted by Crippen LogP contribution is 2.18. The molecule has 0 atom stereocenters. The lowest BCUT2D eigenvalue weighted by atomic mass is 10.1. The Balaban J connectivity index is 1.40. The number of rotatable bonds is 7. The van der Waals surface area contributed by atoms with Gasteiger partial charge in [-0.15, -0.1) is 0 Å². The average molecular weight is 345 g/mol. The van der Waals surface area contributed by atoms with Gasteiger partial charge in [-0.3, -0.25) is 4.79 Å². The summed E-state index contributed by atoms with van der Waals surface area (Å²) in [6.45, 7) is 1.71. The molecular formula is C17H27N7O. The molecule has 8 heteroatoms. The predicted molar refractivity (Wildman–Crippen MR) is 97.5 cm³/mol. The first kappa shape index (κ1) is 17.6. The number of carbonyl (C=O) groups is 1. The number of likely N-dealkylation sites (N-methyl/N-ethyl adjacent to an activating group) is 1. The topological polar surface area (TPSA) is 98.8 Å². The number of imidazole rings is 1. The molecular weight excluding hydrogens is 318 g/mol. The number of aromatic amines is 1. The van der Waals surface area contributed by atoms with E-state index in [4.69, 9.17) is 0 Å². The molecule has 2 aromatic rings. The highest BCUT2D eigenvalue weighted by atomic mass is 16.2. The van der Waals surface area contributed by atoms with Crippen molar-refractivity contribution in [3.05, 3.63) is 12.7 Å². The summed E-state index contributed by atoms with van der Waals surface area (Å²) in [5, 5.41) is 6.53. The molecule has 0 unspecified atom stereocenters. The molecule has 1 fully saturated rings. The maximum atomic E-state index is 12.2. The molecule has 3 N–H and O–H groups in total. The van der Waals surface area contributed by atoms with Gasteiger partial charge in [0.25, 0.3) is 0 Å². The summed E-state index contributed by atoms with van der Waals surface area (Å²) in [7, 11) is 1.84. The number of hydrogen-bond acceptors (Lipinski definition) is 6. The number of amides is 1. The Bertz CT molecular complexity index is 678. The predicted octanol–water partition coefficient (Wildman–Crippen LogP) is 1.22. The number of carbonyl (C=O) groups excluding carboxylic acids is 1. The van der Waals surface area contributed by atoms with E-state index in [2.05, 4.69) is 30.6 Å². The van der Waals surface area contributed by atoms with Crippen LogP contribution in [-0.4, -0.2) is 58.6 Å². The number of nitrogens with one attached hydrogen (secondary N) is 3. The highest BCUT2D eigenvalue weighted by Gasteiger charge is 2.14. The Labute approximate surface area is 147 Å². The van der Waals surface area contributed by atoms with Gasteiger partial charge in [0.15, 0.2) is 11.5 Å². The summed E-state index contributed by atoms with van der Waals surface area (Å²) in [6.07, 6.45) is 10.9. The van der Waals surface area contributed by atoms with Crippen molar-refractivity contribution in [2.75, 3.05) is 31.6 Å². The smallest absolute Gasteiger partial charge is 0.239 e. The third-order valence-corrected chi connectivity index (χ3v) is 4.68. The largest absolute Gasteiger partial charge is 0.353 e. The molecule has 2 aromatic heterocycles. The first-order valence-electron chi connectivity index (χ1n) is 9.09. The molecule has 0 aliphatic heterocycles. The van der Waals surface area contributed by atoms with Gasteiger partial charge in [0.2, 0.25) is 5.91 Å². The molecule has 0 radical (unpaired) electrons. The second kappa shape index (κ2) is 8.75. The zero-order valence-electron chi connectivity index (χ0n) is 14.8. The van der Waals surface area contributed by atoms with Crippen molar-refractivity contribution in [3.63, 3.8) is 0 Å². The van der Waals surface area contributed by atoms with Crippen LogP contribution in [0.1, 0.15) is 38.5 Å². The van der Waals surface area contributed by atoms with E-state index < -0.39 is 0 Å². The Morgan fingerprint density at radius 3 is 2.80 bits per heavy atom. The number of fused-ring (bicyclic) bond motifs is 1. The van der Waals surface area contributed by atoms with E-state index in [1.165, 1.54) is 44.9 Å². The van der Waals surface area contributed by atoms with Crippen LogP contribution in [0.3, 0.4) is 0 Å². The van der Waals surface area contributed by atoms with Crippen LogP contribution in [0.2, 0.25) is 0 Å². The fourth-order valence-corrected chi connectivity index (χ4v) is 3.35. The van der Waals surface area contributed by atoms with E-state index >= 15 is 0 Å². The quantitative estimate of drug-likeness (QED) is 0.515. The Morgan fingerprint density at radius 1 is 1.20 bits per heavy atom. The normalized spacial score (nSPS) is 15.9. The van der Waals surface area contributed by atoms with Gasteiger partial charge in [-0.2, -0.15) is 0 Å². The van der Waals surface area contributed by atoms with E-state index in [0.717, 1.165) is 12.1 Å². The summed E-state index contributed by atoms with van der Waals surface area (Å²) >= 11 is 0. The van der Waals surface area contributed by atoms with Crippen molar-refractivity contribution in [2.24, 2.45) is 0 Å². The molecule has 0 bridgehead atoms. The Morgan fingerprint density at radius 2 is 2.00 bits per heavy atom. The summed E-state index contributed by atoms with van der Waals surface area (Å²) in [4.78, 5) is 29.4. The zero-order valence-corrected chi connectivity index (χ0v) is 14.8. The average Bonchev–Trinajstić information content (AvgIpc) is 2.94. The van der Waals surface area contributed by atoms with Crippen molar-refractivity contribution in [1.29, 1.82) is 0 Å². The van der Waals surface area contributed by atoms with E-state index in [9.17, 15) is 4.79 Å². The minimum Gasteiger partial charge on any atom is -0.353 e. The molecule has 0 spiro atoms. The SMILES string of the molecule is CN(CC(=O)NCCNC1CCCCCC1)c1ncnc2nc[nH]c12. The second-order valence-corrected chi connectivity index (χ2v) is 6.65. The van der Waals surface area contributed by atoms with Gasteiger partial charge < -0.3 is 20.5 Å². The number of hydrogen-bond donors (Lipinski definition) is 3. The van der Waals surface area contributed by atoms with E-state index in [1.54, 1.807) is 11.2 Å². The monoisotopic (exact) mass is 345 g/mol. The summed E-state index contributed by atoms with van der Waals surface area (Å²) in [5.74, 6) is 0.658. The van der Waals surface area contributed by atoms with Crippen LogP contribution < -0.4 is 15.5 Å². The van der Waals surface area contributed by atoms with Crippen LogP contribution in [0, 0.1) is 0 Å². The van der Waals surface area contributed by atoms with Crippen LogP contribution in [-0.2, 0) is 4.79 Å². The molecule has 0 aromatic carbocycles.